The Morgan fingerprint density at radius 2 is 2.33 bits per heavy atom. The number of anilines is 1. The van der Waals surface area contributed by atoms with E-state index < -0.39 is 5.56 Å². The molecule has 2 aromatic rings. The van der Waals surface area contributed by atoms with Crippen LogP contribution in [0.15, 0.2) is 10.9 Å². The van der Waals surface area contributed by atoms with Gasteiger partial charge in [0.15, 0.2) is 0 Å². The van der Waals surface area contributed by atoms with E-state index in [1.807, 2.05) is 0 Å². The molecule has 0 aliphatic carbocycles. The highest BCUT2D eigenvalue weighted by Crippen LogP contribution is 2.27. The van der Waals surface area contributed by atoms with Crippen LogP contribution in [0, 0.1) is 5.92 Å². The Morgan fingerprint density at radius 3 is 3.08 bits per heavy atom. The number of nitrogens with zero attached hydrogens (tertiary/aromatic N) is 4. The maximum absolute atomic E-state index is 12.4. The van der Waals surface area contributed by atoms with Crippen LogP contribution in [0.3, 0.4) is 0 Å². The van der Waals surface area contributed by atoms with Crippen molar-refractivity contribution in [3.8, 4) is 0 Å². The molecule has 1 aliphatic rings. The lowest BCUT2D eigenvalue weighted by atomic mass is 10.0. The quantitative estimate of drug-likeness (QED) is 0.834. The number of rotatable bonds is 5. The van der Waals surface area contributed by atoms with Crippen molar-refractivity contribution >= 4 is 27.3 Å². The molecule has 8 heteroatoms. The standard InChI is InChI=1S/C16H23N5O2S/c1-3-4-7-17-14(23)12-9-13(22)18-15-21(12)19-16(24-15)20-8-5-6-11(2)10-20/h9,11H,3-8,10H2,1-2H3,(H,17,23)/t11-/m1/s1. The Kier molecular flexibility index (Phi) is 5.13. The van der Waals surface area contributed by atoms with E-state index in [1.54, 1.807) is 0 Å². The smallest absolute Gasteiger partial charge is 0.274 e. The number of hydrogen-bond donors (Lipinski definition) is 1. The molecule has 0 unspecified atom stereocenters. The lowest BCUT2D eigenvalue weighted by Gasteiger charge is -2.30. The third kappa shape index (κ3) is 3.58. The number of piperidine rings is 1. The van der Waals surface area contributed by atoms with Crippen LogP contribution in [0.2, 0.25) is 0 Å². The summed E-state index contributed by atoms with van der Waals surface area (Å²) in [4.78, 5) is 30.9. The molecule has 0 radical (unpaired) electrons. The zero-order valence-electron chi connectivity index (χ0n) is 14.1. The Labute approximate surface area is 144 Å². The molecule has 1 N–H and O–H groups in total. The highest BCUT2D eigenvalue weighted by Gasteiger charge is 2.22. The molecule has 1 atom stereocenters. The van der Waals surface area contributed by atoms with Gasteiger partial charge in [-0.2, -0.15) is 9.50 Å². The van der Waals surface area contributed by atoms with E-state index >= 15 is 0 Å². The van der Waals surface area contributed by atoms with E-state index in [0.717, 1.165) is 37.5 Å². The minimum absolute atomic E-state index is 0.258. The first-order chi connectivity index (χ1) is 11.6. The van der Waals surface area contributed by atoms with Crippen LogP contribution >= 0.6 is 11.3 Å². The first kappa shape index (κ1) is 16.9. The zero-order chi connectivity index (χ0) is 17.1. The van der Waals surface area contributed by atoms with Crippen LogP contribution in [-0.4, -0.2) is 40.1 Å². The van der Waals surface area contributed by atoms with Gasteiger partial charge in [0.2, 0.25) is 10.1 Å². The fourth-order valence-corrected chi connectivity index (χ4v) is 3.87. The van der Waals surface area contributed by atoms with E-state index in [4.69, 9.17) is 0 Å². The number of fused-ring (bicyclic) bond motifs is 1. The second-order valence-electron chi connectivity index (χ2n) is 6.36. The maximum atomic E-state index is 12.4. The van der Waals surface area contributed by atoms with Crippen molar-refractivity contribution in [3.05, 3.63) is 22.1 Å². The summed E-state index contributed by atoms with van der Waals surface area (Å²) in [7, 11) is 0. The minimum atomic E-state index is -0.405. The summed E-state index contributed by atoms with van der Waals surface area (Å²) in [6, 6.07) is 1.26. The summed E-state index contributed by atoms with van der Waals surface area (Å²) in [5.41, 5.74) is -0.147. The maximum Gasteiger partial charge on any atom is 0.274 e. The molecule has 0 bridgehead atoms. The average molecular weight is 349 g/mol. The van der Waals surface area contributed by atoms with Gasteiger partial charge in [-0.05, 0) is 25.2 Å². The van der Waals surface area contributed by atoms with Gasteiger partial charge in [0, 0.05) is 25.7 Å². The Hall–Kier alpha value is -1.96. The molecule has 1 saturated heterocycles. The van der Waals surface area contributed by atoms with Gasteiger partial charge in [0.25, 0.3) is 11.5 Å². The normalized spacial score (nSPS) is 18.1. The van der Waals surface area contributed by atoms with E-state index in [2.05, 4.69) is 34.1 Å². The predicted octanol–water partition coefficient (Wildman–Crippen LogP) is 1.92. The predicted molar refractivity (Wildman–Crippen MR) is 95.0 cm³/mol. The fraction of sp³-hybridized carbons (Fsp3) is 0.625. The van der Waals surface area contributed by atoms with Crippen LogP contribution in [0.1, 0.15) is 50.0 Å². The molecule has 7 nitrogen and oxygen atoms in total. The van der Waals surface area contributed by atoms with Crippen molar-refractivity contribution in [1.82, 2.24) is 19.9 Å². The second kappa shape index (κ2) is 7.29. The Balaban J connectivity index is 1.92. The average Bonchev–Trinajstić information content (AvgIpc) is 2.98. The number of carbonyl (C=O) groups excluding carboxylic acids is 1. The number of hydrogen-bond acceptors (Lipinski definition) is 6. The monoisotopic (exact) mass is 349 g/mol. The first-order valence-corrected chi connectivity index (χ1v) is 9.34. The number of aromatic nitrogens is 3. The van der Waals surface area contributed by atoms with Crippen molar-refractivity contribution in [2.45, 2.75) is 39.5 Å². The van der Waals surface area contributed by atoms with E-state index in [9.17, 15) is 9.59 Å². The zero-order valence-corrected chi connectivity index (χ0v) is 14.9. The molecule has 0 spiro atoms. The molecule has 1 aliphatic heterocycles. The van der Waals surface area contributed by atoms with E-state index in [-0.39, 0.29) is 11.6 Å². The van der Waals surface area contributed by atoms with Crippen molar-refractivity contribution in [3.63, 3.8) is 0 Å². The van der Waals surface area contributed by atoms with Crippen LogP contribution in [0.5, 0.6) is 0 Å². The van der Waals surface area contributed by atoms with Gasteiger partial charge in [-0.15, -0.1) is 5.10 Å². The van der Waals surface area contributed by atoms with Crippen LogP contribution in [0.4, 0.5) is 5.13 Å². The summed E-state index contributed by atoms with van der Waals surface area (Å²) >= 11 is 1.37. The highest BCUT2D eigenvalue weighted by atomic mass is 32.1. The van der Waals surface area contributed by atoms with E-state index in [1.165, 1.54) is 28.3 Å². The summed E-state index contributed by atoms with van der Waals surface area (Å²) in [6.45, 7) is 6.78. The van der Waals surface area contributed by atoms with Crippen molar-refractivity contribution in [1.29, 1.82) is 0 Å². The van der Waals surface area contributed by atoms with Crippen LogP contribution in [-0.2, 0) is 0 Å². The van der Waals surface area contributed by atoms with Crippen molar-refractivity contribution in [2.75, 3.05) is 24.5 Å². The number of unbranched alkanes of at least 4 members (excludes halogenated alkanes) is 1. The lowest BCUT2D eigenvalue weighted by molar-refractivity contribution is 0.0945. The third-order valence-corrected chi connectivity index (χ3v) is 5.19. The number of nitrogens with one attached hydrogen (secondary N) is 1. The Morgan fingerprint density at radius 1 is 1.50 bits per heavy atom. The van der Waals surface area contributed by atoms with Crippen LogP contribution in [0.25, 0.3) is 4.96 Å². The molecule has 0 aromatic carbocycles. The second-order valence-corrected chi connectivity index (χ2v) is 7.30. The molecule has 0 saturated carbocycles. The minimum Gasteiger partial charge on any atom is -0.351 e. The molecular formula is C16H23N5O2S. The number of carbonyl (C=O) groups is 1. The summed E-state index contributed by atoms with van der Waals surface area (Å²) < 4.78 is 1.50. The molecule has 2 aromatic heterocycles. The van der Waals surface area contributed by atoms with Crippen molar-refractivity contribution in [2.24, 2.45) is 5.92 Å². The summed E-state index contributed by atoms with van der Waals surface area (Å²) in [5.74, 6) is 0.345. The SMILES string of the molecule is CCCCNC(=O)c1cc(=O)nc2sc(N3CCC[C@@H](C)C3)nn12. The van der Waals surface area contributed by atoms with Crippen molar-refractivity contribution < 1.29 is 4.79 Å². The van der Waals surface area contributed by atoms with Gasteiger partial charge in [0.1, 0.15) is 5.69 Å². The summed E-state index contributed by atoms with van der Waals surface area (Å²) in [5, 5.41) is 8.22. The largest absolute Gasteiger partial charge is 0.351 e. The van der Waals surface area contributed by atoms with Gasteiger partial charge >= 0.3 is 0 Å². The molecule has 130 valence electrons. The topological polar surface area (TPSA) is 79.6 Å². The lowest BCUT2D eigenvalue weighted by Crippen LogP contribution is -2.34. The summed E-state index contributed by atoms with van der Waals surface area (Å²) in [6.07, 6.45) is 4.26. The van der Waals surface area contributed by atoms with Gasteiger partial charge in [-0.3, -0.25) is 9.59 Å². The first-order valence-electron chi connectivity index (χ1n) is 8.52. The number of amides is 1. The van der Waals surface area contributed by atoms with Gasteiger partial charge in [-0.1, -0.05) is 31.6 Å². The van der Waals surface area contributed by atoms with Crippen LogP contribution < -0.4 is 15.8 Å². The fourth-order valence-electron chi connectivity index (χ4n) is 2.93. The molecule has 1 fully saturated rings. The van der Waals surface area contributed by atoms with E-state index in [0.29, 0.717) is 17.4 Å². The third-order valence-electron chi connectivity index (χ3n) is 4.22. The van der Waals surface area contributed by atoms with Gasteiger partial charge in [0.05, 0.1) is 0 Å². The molecular weight excluding hydrogens is 326 g/mol. The Bertz CT molecular complexity index is 784. The highest BCUT2D eigenvalue weighted by molar-refractivity contribution is 7.20. The molecule has 3 rings (SSSR count). The molecule has 3 heterocycles. The molecule has 1 amide bonds. The molecule has 24 heavy (non-hydrogen) atoms. The van der Waals surface area contributed by atoms with Gasteiger partial charge in [-0.25, -0.2) is 0 Å². The van der Waals surface area contributed by atoms with Gasteiger partial charge < -0.3 is 10.2 Å².